The van der Waals surface area contributed by atoms with Gasteiger partial charge < -0.3 is 28.4 Å². The minimum absolute atomic E-state index is 0.0578. The van der Waals surface area contributed by atoms with Crippen molar-refractivity contribution in [1.29, 1.82) is 0 Å². The Kier molecular flexibility index (Phi) is 12.8. The van der Waals surface area contributed by atoms with Crippen molar-refractivity contribution in [2.75, 3.05) is 26.4 Å². The van der Waals surface area contributed by atoms with E-state index in [0.717, 1.165) is 19.3 Å². The number of carbonyl (C=O) groups is 4. The lowest BCUT2D eigenvalue weighted by molar-refractivity contribution is -0.140. The molecule has 2 aromatic rings. The summed E-state index contributed by atoms with van der Waals surface area (Å²) in [6.07, 6.45) is 2.01. The summed E-state index contributed by atoms with van der Waals surface area (Å²) in [5.74, 6) is 0.212. The largest absolute Gasteiger partial charge is 0.513 e. The third-order valence-electron chi connectivity index (χ3n) is 7.07. The van der Waals surface area contributed by atoms with Gasteiger partial charge in [0.1, 0.15) is 30.8 Å². The van der Waals surface area contributed by atoms with Crippen LogP contribution in [0.15, 0.2) is 60.7 Å². The number of carbonyl (C=O) groups excluding carboxylic acids is 4. The summed E-state index contributed by atoms with van der Waals surface area (Å²) in [6, 6.07) is 12.0. The quantitative estimate of drug-likeness (QED) is 0.0662. The Morgan fingerprint density at radius 2 is 1.35 bits per heavy atom. The molecule has 1 fully saturated rings. The van der Waals surface area contributed by atoms with Gasteiger partial charge in [-0.3, -0.25) is 0 Å². The van der Waals surface area contributed by atoms with E-state index in [2.05, 4.69) is 27.4 Å². The van der Waals surface area contributed by atoms with E-state index in [1.165, 1.54) is 36.4 Å². The minimum Gasteiger partial charge on any atom is -0.460 e. The zero-order chi connectivity index (χ0) is 31.4. The molecular formula is C33H40O10. The maximum absolute atomic E-state index is 12.8. The van der Waals surface area contributed by atoms with E-state index in [0.29, 0.717) is 28.9 Å². The van der Waals surface area contributed by atoms with Crippen molar-refractivity contribution in [2.45, 2.75) is 53.1 Å². The van der Waals surface area contributed by atoms with Crippen LogP contribution < -0.4 is 9.47 Å². The smallest absolute Gasteiger partial charge is 0.460 e. The normalized spacial score (nSPS) is 17.9. The highest BCUT2D eigenvalue weighted by atomic mass is 16.7. The van der Waals surface area contributed by atoms with Crippen molar-refractivity contribution in [2.24, 2.45) is 17.8 Å². The standard InChI is InChI=1S/C33H40O10/c1-21(2)28-15-6-23(5)20-29(28)43-32(36)25-9-7-24(8-10-25)31(35)41-26-11-13-27(14-12-26)42-33(37)40-19-17-38-16-18-39-30(34)22(3)4/h7-14,21,23,28-29H,3,6,15-20H2,1-2,4-5H3. The van der Waals surface area contributed by atoms with Gasteiger partial charge in [-0.05, 0) is 86.1 Å². The molecule has 1 aliphatic rings. The second-order valence-corrected chi connectivity index (χ2v) is 10.9. The lowest BCUT2D eigenvalue weighted by Crippen LogP contribution is -2.35. The van der Waals surface area contributed by atoms with Crippen LogP contribution in [0.4, 0.5) is 4.79 Å². The Hall–Kier alpha value is -4.18. The first-order chi connectivity index (χ1) is 20.5. The lowest BCUT2D eigenvalue weighted by Gasteiger charge is -2.36. The van der Waals surface area contributed by atoms with Gasteiger partial charge in [0.05, 0.1) is 24.3 Å². The average Bonchev–Trinajstić information content (AvgIpc) is 2.97. The van der Waals surface area contributed by atoms with Gasteiger partial charge in [0.2, 0.25) is 0 Å². The molecule has 43 heavy (non-hydrogen) atoms. The predicted molar refractivity (Wildman–Crippen MR) is 157 cm³/mol. The zero-order valence-electron chi connectivity index (χ0n) is 25.2. The number of benzene rings is 2. The van der Waals surface area contributed by atoms with Gasteiger partial charge >= 0.3 is 24.1 Å². The molecule has 10 heteroatoms. The van der Waals surface area contributed by atoms with Gasteiger partial charge in [0.25, 0.3) is 0 Å². The third-order valence-corrected chi connectivity index (χ3v) is 7.07. The Bertz CT molecular complexity index is 1250. The molecule has 0 amide bonds. The Morgan fingerprint density at radius 3 is 1.93 bits per heavy atom. The summed E-state index contributed by atoms with van der Waals surface area (Å²) in [7, 11) is 0. The maximum atomic E-state index is 12.8. The molecule has 3 unspecified atom stereocenters. The molecule has 0 aromatic heterocycles. The Labute approximate surface area is 252 Å². The molecule has 1 saturated carbocycles. The highest BCUT2D eigenvalue weighted by Gasteiger charge is 2.33. The number of esters is 3. The molecule has 0 radical (unpaired) electrons. The first-order valence-electron chi connectivity index (χ1n) is 14.4. The molecule has 0 heterocycles. The SMILES string of the molecule is C=C(C)C(=O)OCCOCCOC(=O)Oc1ccc(OC(=O)c2ccc(C(=O)OC3CC(C)CCC3C(C)C)cc2)cc1. The number of ether oxygens (including phenoxy) is 6. The van der Waals surface area contributed by atoms with E-state index in [1.807, 2.05) is 0 Å². The number of hydrogen-bond donors (Lipinski definition) is 0. The van der Waals surface area contributed by atoms with Crippen LogP contribution in [0, 0.1) is 17.8 Å². The van der Waals surface area contributed by atoms with Crippen LogP contribution in [-0.4, -0.2) is 56.6 Å². The van der Waals surface area contributed by atoms with E-state index < -0.39 is 24.1 Å². The Balaban J connectivity index is 1.40. The van der Waals surface area contributed by atoms with E-state index in [-0.39, 0.29) is 49.6 Å². The fraction of sp³-hybridized carbons (Fsp3) is 0.455. The second kappa shape index (κ2) is 16.5. The lowest BCUT2D eigenvalue weighted by atomic mass is 9.75. The van der Waals surface area contributed by atoms with E-state index in [4.69, 9.17) is 28.4 Å². The molecular weight excluding hydrogens is 556 g/mol. The molecule has 2 aromatic carbocycles. The van der Waals surface area contributed by atoms with Crippen LogP contribution in [0.1, 0.15) is 67.7 Å². The molecule has 0 aliphatic heterocycles. The van der Waals surface area contributed by atoms with Gasteiger partial charge in [-0.25, -0.2) is 19.2 Å². The molecule has 0 N–H and O–H groups in total. The average molecular weight is 597 g/mol. The van der Waals surface area contributed by atoms with Gasteiger partial charge in [-0.2, -0.15) is 0 Å². The van der Waals surface area contributed by atoms with E-state index in [9.17, 15) is 19.2 Å². The van der Waals surface area contributed by atoms with Crippen molar-refractivity contribution in [1.82, 2.24) is 0 Å². The third kappa shape index (κ3) is 10.9. The Morgan fingerprint density at radius 1 is 0.791 bits per heavy atom. The summed E-state index contributed by atoms with van der Waals surface area (Å²) in [5.41, 5.74) is 0.940. The van der Waals surface area contributed by atoms with Crippen LogP contribution in [0.5, 0.6) is 11.5 Å². The minimum atomic E-state index is -0.932. The number of rotatable bonds is 13. The second-order valence-electron chi connectivity index (χ2n) is 10.9. The molecule has 0 bridgehead atoms. The number of hydrogen-bond acceptors (Lipinski definition) is 10. The van der Waals surface area contributed by atoms with Gasteiger partial charge in [-0.1, -0.05) is 33.8 Å². The van der Waals surface area contributed by atoms with Crippen molar-refractivity contribution in [3.63, 3.8) is 0 Å². The molecule has 10 nitrogen and oxygen atoms in total. The van der Waals surface area contributed by atoms with Crippen molar-refractivity contribution < 1.29 is 47.6 Å². The maximum Gasteiger partial charge on any atom is 0.513 e. The van der Waals surface area contributed by atoms with Crippen LogP contribution in [0.25, 0.3) is 0 Å². The van der Waals surface area contributed by atoms with Crippen LogP contribution in [0.3, 0.4) is 0 Å². The predicted octanol–water partition coefficient (Wildman–Crippen LogP) is 6.17. The van der Waals surface area contributed by atoms with Crippen molar-refractivity contribution in [3.05, 3.63) is 71.8 Å². The summed E-state index contributed by atoms with van der Waals surface area (Å²) in [4.78, 5) is 48.5. The molecule has 3 rings (SSSR count). The molecule has 3 atom stereocenters. The molecule has 1 aliphatic carbocycles. The molecule has 0 spiro atoms. The van der Waals surface area contributed by atoms with Crippen molar-refractivity contribution >= 4 is 24.1 Å². The molecule has 0 saturated heterocycles. The topological polar surface area (TPSA) is 124 Å². The monoisotopic (exact) mass is 596 g/mol. The van der Waals surface area contributed by atoms with Gasteiger partial charge in [-0.15, -0.1) is 0 Å². The van der Waals surface area contributed by atoms with Crippen LogP contribution in [-0.2, 0) is 23.7 Å². The summed E-state index contributed by atoms with van der Waals surface area (Å²) >= 11 is 0. The highest BCUT2D eigenvalue weighted by molar-refractivity contribution is 5.94. The fourth-order valence-electron chi connectivity index (χ4n) is 4.67. The van der Waals surface area contributed by atoms with Gasteiger partial charge in [0, 0.05) is 5.57 Å². The zero-order valence-corrected chi connectivity index (χ0v) is 25.2. The van der Waals surface area contributed by atoms with E-state index in [1.54, 1.807) is 19.1 Å². The first kappa shape index (κ1) is 33.3. The summed E-state index contributed by atoms with van der Waals surface area (Å²) in [5, 5.41) is 0. The first-order valence-corrected chi connectivity index (χ1v) is 14.4. The highest BCUT2D eigenvalue weighted by Crippen LogP contribution is 2.35. The summed E-state index contributed by atoms with van der Waals surface area (Å²) < 4.78 is 31.4. The van der Waals surface area contributed by atoms with E-state index >= 15 is 0 Å². The molecule has 232 valence electrons. The van der Waals surface area contributed by atoms with Gasteiger partial charge in [0.15, 0.2) is 0 Å². The van der Waals surface area contributed by atoms with Crippen molar-refractivity contribution in [3.8, 4) is 11.5 Å². The van der Waals surface area contributed by atoms with Crippen LogP contribution in [0.2, 0.25) is 0 Å². The van der Waals surface area contributed by atoms with Crippen LogP contribution >= 0.6 is 0 Å². The fourth-order valence-corrected chi connectivity index (χ4v) is 4.67. The summed E-state index contributed by atoms with van der Waals surface area (Å²) in [6.45, 7) is 11.8.